The molecule has 1 aromatic carbocycles. The summed E-state index contributed by atoms with van der Waals surface area (Å²) < 4.78 is 0. The Labute approximate surface area is 124 Å². The highest BCUT2D eigenvalue weighted by molar-refractivity contribution is 5.99. The number of aliphatic hydroxyl groups excluding tert-OH is 1. The number of hydrogen-bond donors (Lipinski definition) is 3. The largest absolute Gasteiger partial charge is 0.389 e. The van der Waals surface area contributed by atoms with Gasteiger partial charge in [0.1, 0.15) is 5.82 Å². The SMILES string of the molecule is Cc1cc(C)nc(NC(=O)Nc2ccc(C(C)O)cc2)c1. The lowest BCUT2D eigenvalue weighted by Crippen LogP contribution is -2.20. The molecule has 5 heteroatoms. The first-order valence-corrected chi connectivity index (χ1v) is 6.75. The molecule has 0 aliphatic carbocycles. The fourth-order valence-electron chi connectivity index (χ4n) is 2.03. The number of rotatable bonds is 3. The average Bonchev–Trinajstić information content (AvgIpc) is 2.37. The van der Waals surface area contributed by atoms with Crippen LogP contribution in [-0.4, -0.2) is 16.1 Å². The molecule has 2 rings (SSSR count). The predicted molar refractivity (Wildman–Crippen MR) is 83.4 cm³/mol. The summed E-state index contributed by atoms with van der Waals surface area (Å²) in [6.45, 7) is 5.53. The topological polar surface area (TPSA) is 74.2 Å². The Bertz CT molecular complexity index is 616. The Hall–Kier alpha value is -2.40. The van der Waals surface area contributed by atoms with Crippen LogP contribution in [0.25, 0.3) is 0 Å². The third-order valence-electron chi connectivity index (χ3n) is 2.99. The van der Waals surface area contributed by atoms with Crippen LogP contribution < -0.4 is 10.6 Å². The molecule has 2 aromatic rings. The highest BCUT2D eigenvalue weighted by Gasteiger charge is 2.06. The highest BCUT2D eigenvalue weighted by atomic mass is 16.3. The summed E-state index contributed by atoms with van der Waals surface area (Å²) in [7, 11) is 0. The summed E-state index contributed by atoms with van der Waals surface area (Å²) in [5.74, 6) is 0.519. The van der Waals surface area contributed by atoms with E-state index in [-0.39, 0.29) is 6.03 Å². The van der Waals surface area contributed by atoms with Gasteiger partial charge >= 0.3 is 6.03 Å². The number of amides is 2. The van der Waals surface area contributed by atoms with Crippen molar-refractivity contribution in [2.75, 3.05) is 10.6 Å². The van der Waals surface area contributed by atoms with Crippen LogP contribution in [-0.2, 0) is 0 Å². The van der Waals surface area contributed by atoms with Gasteiger partial charge in [-0.1, -0.05) is 12.1 Å². The second-order valence-corrected chi connectivity index (χ2v) is 5.05. The standard InChI is InChI=1S/C16H19N3O2/c1-10-8-11(2)17-15(9-10)19-16(21)18-14-6-4-13(5-7-14)12(3)20/h4-9,12,20H,1-3H3,(H2,17,18,19,21). The summed E-state index contributed by atoms with van der Waals surface area (Å²) >= 11 is 0. The molecule has 0 aliphatic heterocycles. The molecule has 0 saturated carbocycles. The number of carbonyl (C=O) groups is 1. The fourth-order valence-corrected chi connectivity index (χ4v) is 2.03. The Morgan fingerprint density at radius 3 is 2.38 bits per heavy atom. The predicted octanol–water partition coefficient (Wildman–Crippen LogP) is 3.40. The van der Waals surface area contributed by atoms with E-state index < -0.39 is 6.10 Å². The van der Waals surface area contributed by atoms with Crippen LogP contribution in [0.2, 0.25) is 0 Å². The minimum atomic E-state index is -0.521. The van der Waals surface area contributed by atoms with Crippen LogP contribution in [0.15, 0.2) is 36.4 Å². The maximum atomic E-state index is 11.9. The van der Waals surface area contributed by atoms with Crippen LogP contribution in [0.1, 0.15) is 29.8 Å². The maximum Gasteiger partial charge on any atom is 0.324 e. The smallest absolute Gasteiger partial charge is 0.324 e. The van der Waals surface area contributed by atoms with E-state index in [2.05, 4.69) is 15.6 Å². The minimum absolute atomic E-state index is 0.350. The zero-order valence-corrected chi connectivity index (χ0v) is 12.3. The molecule has 1 heterocycles. The molecule has 0 bridgehead atoms. The molecule has 0 saturated heterocycles. The van der Waals surface area contributed by atoms with Gasteiger partial charge in [-0.25, -0.2) is 9.78 Å². The van der Waals surface area contributed by atoms with Gasteiger partial charge in [0, 0.05) is 11.4 Å². The zero-order valence-electron chi connectivity index (χ0n) is 12.3. The first-order valence-electron chi connectivity index (χ1n) is 6.75. The summed E-state index contributed by atoms with van der Waals surface area (Å²) in [6, 6.07) is 10.4. The summed E-state index contributed by atoms with van der Waals surface area (Å²) in [5.41, 5.74) is 3.35. The summed E-state index contributed by atoms with van der Waals surface area (Å²) in [4.78, 5) is 16.2. The first-order chi connectivity index (χ1) is 9.94. The van der Waals surface area contributed by atoms with E-state index >= 15 is 0 Å². The molecule has 5 nitrogen and oxygen atoms in total. The number of hydrogen-bond acceptors (Lipinski definition) is 3. The van der Waals surface area contributed by atoms with Gasteiger partial charge in [-0.3, -0.25) is 5.32 Å². The lowest BCUT2D eigenvalue weighted by atomic mass is 10.1. The molecule has 1 atom stereocenters. The molecule has 110 valence electrons. The van der Waals surface area contributed by atoms with E-state index in [9.17, 15) is 9.90 Å². The number of pyridine rings is 1. The van der Waals surface area contributed by atoms with E-state index in [0.29, 0.717) is 11.5 Å². The number of nitrogens with one attached hydrogen (secondary N) is 2. The lowest BCUT2D eigenvalue weighted by molar-refractivity contribution is 0.199. The number of aryl methyl sites for hydroxylation is 2. The number of aliphatic hydroxyl groups is 1. The van der Waals surface area contributed by atoms with Crippen LogP contribution in [0, 0.1) is 13.8 Å². The molecule has 21 heavy (non-hydrogen) atoms. The molecule has 3 N–H and O–H groups in total. The van der Waals surface area contributed by atoms with E-state index in [4.69, 9.17) is 0 Å². The average molecular weight is 285 g/mol. The van der Waals surface area contributed by atoms with Crippen molar-refractivity contribution in [1.29, 1.82) is 0 Å². The molecule has 1 unspecified atom stereocenters. The van der Waals surface area contributed by atoms with Crippen LogP contribution >= 0.6 is 0 Å². The monoisotopic (exact) mass is 285 g/mol. The van der Waals surface area contributed by atoms with Crippen molar-refractivity contribution < 1.29 is 9.90 Å². The zero-order chi connectivity index (χ0) is 15.4. The van der Waals surface area contributed by atoms with Gasteiger partial charge in [0.2, 0.25) is 0 Å². The molecule has 1 aromatic heterocycles. The van der Waals surface area contributed by atoms with Crippen LogP contribution in [0.3, 0.4) is 0 Å². The van der Waals surface area contributed by atoms with Gasteiger partial charge in [-0.15, -0.1) is 0 Å². The van der Waals surface area contributed by atoms with Crippen LogP contribution in [0.5, 0.6) is 0 Å². The summed E-state index contributed by atoms with van der Waals surface area (Å²) in [6.07, 6.45) is -0.521. The van der Waals surface area contributed by atoms with Gasteiger partial charge in [0.05, 0.1) is 6.10 Å². The number of carbonyl (C=O) groups excluding carboxylic acids is 1. The molecular weight excluding hydrogens is 266 g/mol. The Balaban J connectivity index is 2.01. The van der Waals surface area contributed by atoms with Crippen molar-refractivity contribution in [3.8, 4) is 0 Å². The molecule has 2 amide bonds. The quantitative estimate of drug-likeness (QED) is 0.809. The third-order valence-corrected chi connectivity index (χ3v) is 2.99. The number of benzene rings is 1. The molecule has 0 fully saturated rings. The van der Waals surface area contributed by atoms with Crippen molar-refractivity contribution in [2.45, 2.75) is 26.9 Å². The van der Waals surface area contributed by atoms with Crippen molar-refractivity contribution in [3.05, 3.63) is 53.2 Å². The number of urea groups is 1. The van der Waals surface area contributed by atoms with E-state index in [1.807, 2.05) is 26.0 Å². The van der Waals surface area contributed by atoms with Gasteiger partial charge in [-0.05, 0) is 56.2 Å². The van der Waals surface area contributed by atoms with Gasteiger partial charge in [0.15, 0.2) is 0 Å². The van der Waals surface area contributed by atoms with Gasteiger partial charge in [0.25, 0.3) is 0 Å². The van der Waals surface area contributed by atoms with Crippen molar-refractivity contribution >= 4 is 17.5 Å². The molecule has 0 aliphatic rings. The fraction of sp³-hybridized carbons (Fsp3) is 0.250. The summed E-state index contributed by atoms with van der Waals surface area (Å²) in [5, 5.41) is 14.9. The first kappa shape index (κ1) is 15.0. The van der Waals surface area contributed by atoms with Gasteiger partial charge in [-0.2, -0.15) is 0 Å². The van der Waals surface area contributed by atoms with Crippen LogP contribution in [0.4, 0.5) is 16.3 Å². The Kier molecular flexibility index (Phi) is 4.55. The lowest BCUT2D eigenvalue weighted by Gasteiger charge is -2.10. The Morgan fingerprint density at radius 1 is 1.14 bits per heavy atom. The highest BCUT2D eigenvalue weighted by Crippen LogP contribution is 2.16. The number of nitrogens with zero attached hydrogens (tertiary/aromatic N) is 1. The normalized spacial score (nSPS) is 11.8. The van der Waals surface area contributed by atoms with E-state index in [1.165, 1.54) is 0 Å². The van der Waals surface area contributed by atoms with Crippen molar-refractivity contribution in [2.24, 2.45) is 0 Å². The molecule has 0 radical (unpaired) electrons. The maximum absolute atomic E-state index is 11.9. The van der Waals surface area contributed by atoms with E-state index in [0.717, 1.165) is 16.8 Å². The van der Waals surface area contributed by atoms with Gasteiger partial charge < -0.3 is 10.4 Å². The Morgan fingerprint density at radius 2 is 1.81 bits per heavy atom. The van der Waals surface area contributed by atoms with Crippen molar-refractivity contribution in [3.63, 3.8) is 0 Å². The third kappa shape index (κ3) is 4.29. The number of aromatic nitrogens is 1. The van der Waals surface area contributed by atoms with Crippen molar-refractivity contribution in [1.82, 2.24) is 4.98 Å². The number of anilines is 2. The second kappa shape index (κ2) is 6.37. The van der Waals surface area contributed by atoms with E-state index in [1.54, 1.807) is 31.2 Å². The molecule has 0 spiro atoms. The second-order valence-electron chi connectivity index (χ2n) is 5.05. The molecular formula is C16H19N3O2. The minimum Gasteiger partial charge on any atom is -0.389 e.